The maximum absolute atomic E-state index is 13.8. The molecule has 210 valence electrons. The minimum absolute atomic E-state index is 0.0802. The molecule has 0 spiro atoms. The minimum atomic E-state index is -3.79. The SMILES string of the molecule is CS(=O)(=O)Oc1cccc2[nH]c(C(=O)N3C[C@@H]4CCC[C@@H]4[C@H]3C(=O)N[C@@H](CC3CCNC3=O)C(=O)CO)cc12. The number of hydrogen-bond acceptors (Lipinski definition) is 8. The third-order valence-corrected chi connectivity index (χ3v) is 8.54. The van der Waals surface area contributed by atoms with Gasteiger partial charge in [-0.05, 0) is 55.7 Å². The second kappa shape index (κ2) is 10.6. The standard InChI is InChI=1S/C26H32N4O8S/c1-39(36,37)38-22-7-3-6-18-17(22)11-20(28-18)26(35)30-12-15-4-2-5-16(15)23(30)25(34)29-19(21(32)13-31)10-14-8-9-27-24(14)33/h3,6-7,11,14-16,19,23,28,31H,2,4-5,8-10,12-13H2,1H3,(H,27,33)(H,29,34)/t14?,15-,16-,19-,23-/m0/s1. The number of Topliss-reactive ketones (excluding diaryl/α,β-unsaturated/α-hetero) is 1. The first-order valence-electron chi connectivity index (χ1n) is 13.1. The summed E-state index contributed by atoms with van der Waals surface area (Å²) in [6.45, 7) is 0.0898. The second-order valence-electron chi connectivity index (χ2n) is 10.6. The van der Waals surface area contributed by atoms with E-state index in [-0.39, 0.29) is 35.6 Å². The molecule has 1 aromatic carbocycles. The van der Waals surface area contributed by atoms with Gasteiger partial charge >= 0.3 is 10.1 Å². The highest BCUT2D eigenvalue weighted by Gasteiger charge is 2.50. The van der Waals surface area contributed by atoms with Gasteiger partial charge in [0.25, 0.3) is 5.91 Å². The van der Waals surface area contributed by atoms with Crippen LogP contribution in [0.2, 0.25) is 0 Å². The van der Waals surface area contributed by atoms with Crippen LogP contribution in [-0.2, 0) is 24.5 Å². The Balaban J connectivity index is 1.40. The Labute approximate surface area is 225 Å². The first-order chi connectivity index (χ1) is 18.6. The highest BCUT2D eigenvalue weighted by molar-refractivity contribution is 7.86. The van der Waals surface area contributed by atoms with Crippen molar-refractivity contribution in [3.8, 4) is 5.75 Å². The molecule has 2 aliphatic heterocycles. The molecule has 5 atom stereocenters. The number of aliphatic hydroxyl groups excluding tert-OH is 1. The summed E-state index contributed by atoms with van der Waals surface area (Å²) in [4.78, 5) is 56.5. The number of aromatic amines is 1. The summed E-state index contributed by atoms with van der Waals surface area (Å²) in [5, 5.41) is 15.4. The summed E-state index contributed by atoms with van der Waals surface area (Å²) in [6.07, 6.45) is 4.12. The summed E-state index contributed by atoms with van der Waals surface area (Å²) >= 11 is 0. The average molecular weight is 561 g/mol. The number of nitrogens with zero attached hydrogens (tertiary/aromatic N) is 1. The lowest BCUT2D eigenvalue weighted by Crippen LogP contribution is -2.53. The smallest absolute Gasteiger partial charge is 0.306 e. The third kappa shape index (κ3) is 5.50. The topological polar surface area (TPSA) is 175 Å². The zero-order valence-corrected chi connectivity index (χ0v) is 22.3. The molecule has 2 aromatic rings. The summed E-state index contributed by atoms with van der Waals surface area (Å²) in [7, 11) is -3.79. The molecule has 13 heteroatoms. The van der Waals surface area contributed by atoms with Crippen molar-refractivity contribution in [2.24, 2.45) is 17.8 Å². The van der Waals surface area contributed by atoms with Crippen LogP contribution in [-0.4, -0.2) is 84.9 Å². The number of aromatic nitrogens is 1. The van der Waals surface area contributed by atoms with Gasteiger partial charge in [0.15, 0.2) is 11.5 Å². The molecule has 5 rings (SSSR count). The van der Waals surface area contributed by atoms with E-state index >= 15 is 0 Å². The van der Waals surface area contributed by atoms with Crippen molar-refractivity contribution < 1.29 is 36.9 Å². The number of H-pyrrole nitrogens is 1. The zero-order chi connectivity index (χ0) is 27.9. The van der Waals surface area contributed by atoms with Gasteiger partial charge in [-0.1, -0.05) is 12.5 Å². The number of carbonyl (C=O) groups is 4. The van der Waals surface area contributed by atoms with Gasteiger partial charge in [-0.15, -0.1) is 0 Å². The Morgan fingerprint density at radius 3 is 2.72 bits per heavy atom. The number of hydrogen-bond donors (Lipinski definition) is 4. The van der Waals surface area contributed by atoms with E-state index in [0.29, 0.717) is 30.4 Å². The Bertz CT molecular complexity index is 1420. The van der Waals surface area contributed by atoms with Crippen molar-refractivity contribution in [3.05, 3.63) is 30.0 Å². The lowest BCUT2D eigenvalue weighted by molar-refractivity contribution is -0.133. The molecular formula is C26H32N4O8S. The van der Waals surface area contributed by atoms with Crippen molar-refractivity contribution in [3.63, 3.8) is 0 Å². The molecule has 39 heavy (non-hydrogen) atoms. The van der Waals surface area contributed by atoms with Gasteiger partial charge in [-0.25, -0.2) is 0 Å². The van der Waals surface area contributed by atoms with Crippen LogP contribution >= 0.6 is 0 Å². The monoisotopic (exact) mass is 560 g/mol. The Morgan fingerprint density at radius 2 is 2.03 bits per heavy atom. The van der Waals surface area contributed by atoms with E-state index in [1.807, 2.05) is 0 Å². The number of carbonyl (C=O) groups excluding carboxylic acids is 4. The average Bonchev–Trinajstić information content (AvgIpc) is 3.66. The van der Waals surface area contributed by atoms with Crippen molar-refractivity contribution >= 4 is 44.5 Å². The molecule has 0 bridgehead atoms. The number of rotatable bonds is 9. The lowest BCUT2D eigenvalue weighted by Gasteiger charge is -2.29. The van der Waals surface area contributed by atoms with Gasteiger partial charge in [0.2, 0.25) is 11.8 Å². The van der Waals surface area contributed by atoms with E-state index in [4.69, 9.17) is 4.18 Å². The molecule has 4 N–H and O–H groups in total. The summed E-state index contributed by atoms with van der Waals surface area (Å²) in [5.74, 6) is -2.00. The molecule has 1 aromatic heterocycles. The molecule has 3 fully saturated rings. The number of ketones is 1. The zero-order valence-electron chi connectivity index (χ0n) is 21.5. The minimum Gasteiger partial charge on any atom is -0.389 e. The quantitative estimate of drug-likeness (QED) is 0.317. The second-order valence-corrected chi connectivity index (χ2v) is 12.2. The van der Waals surface area contributed by atoms with Crippen molar-refractivity contribution in [2.45, 2.75) is 44.2 Å². The van der Waals surface area contributed by atoms with Crippen LogP contribution in [0.3, 0.4) is 0 Å². The summed E-state index contributed by atoms with van der Waals surface area (Å²) < 4.78 is 28.5. The van der Waals surface area contributed by atoms with Gasteiger partial charge in [0, 0.05) is 29.9 Å². The van der Waals surface area contributed by atoms with Crippen molar-refractivity contribution in [2.75, 3.05) is 26.0 Å². The highest BCUT2D eigenvalue weighted by Crippen LogP contribution is 2.43. The van der Waals surface area contributed by atoms with E-state index in [9.17, 15) is 32.7 Å². The predicted octanol–water partition coefficient (Wildman–Crippen LogP) is 0.319. The van der Waals surface area contributed by atoms with Crippen LogP contribution in [0.25, 0.3) is 10.9 Å². The molecule has 1 unspecified atom stereocenters. The number of fused-ring (bicyclic) bond motifs is 2. The Hall–Kier alpha value is -3.45. The Kier molecular flexibility index (Phi) is 7.38. The van der Waals surface area contributed by atoms with E-state index in [1.54, 1.807) is 12.1 Å². The summed E-state index contributed by atoms with van der Waals surface area (Å²) in [6, 6.07) is 4.43. The van der Waals surface area contributed by atoms with Gasteiger partial charge in [-0.3, -0.25) is 19.2 Å². The largest absolute Gasteiger partial charge is 0.389 e. The first kappa shape index (κ1) is 27.1. The van der Waals surface area contributed by atoms with Gasteiger partial charge in [-0.2, -0.15) is 8.42 Å². The fourth-order valence-corrected chi connectivity index (χ4v) is 6.75. The van der Waals surface area contributed by atoms with E-state index in [1.165, 1.54) is 17.0 Å². The maximum atomic E-state index is 13.8. The van der Waals surface area contributed by atoms with Crippen molar-refractivity contribution in [1.29, 1.82) is 0 Å². The van der Waals surface area contributed by atoms with Crippen LogP contribution in [0, 0.1) is 17.8 Å². The molecule has 12 nitrogen and oxygen atoms in total. The van der Waals surface area contributed by atoms with Crippen LogP contribution in [0.15, 0.2) is 24.3 Å². The van der Waals surface area contributed by atoms with Crippen LogP contribution < -0.4 is 14.8 Å². The number of amides is 3. The van der Waals surface area contributed by atoms with Crippen LogP contribution in [0.1, 0.15) is 42.6 Å². The molecule has 3 heterocycles. The van der Waals surface area contributed by atoms with Crippen molar-refractivity contribution in [1.82, 2.24) is 20.5 Å². The predicted molar refractivity (Wildman–Crippen MR) is 139 cm³/mol. The molecule has 1 saturated carbocycles. The maximum Gasteiger partial charge on any atom is 0.306 e. The number of nitrogens with one attached hydrogen (secondary N) is 3. The number of aliphatic hydroxyl groups is 1. The first-order valence-corrected chi connectivity index (χ1v) is 14.9. The lowest BCUT2D eigenvalue weighted by atomic mass is 9.92. The molecule has 2 saturated heterocycles. The van der Waals surface area contributed by atoms with E-state index in [0.717, 1.165) is 25.5 Å². The van der Waals surface area contributed by atoms with Gasteiger partial charge in [0.1, 0.15) is 18.3 Å². The molecule has 0 radical (unpaired) electrons. The van der Waals surface area contributed by atoms with Crippen LogP contribution in [0.5, 0.6) is 5.75 Å². The van der Waals surface area contributed by atoms with Gasteiger partial charge in [0.05, 0.1) is 12.3 Å². The summed E-state index contributed by atoms with van der Waals surface area (Å²) in [5.41, 5.74) is 0.682. The highest BCUT2D eigenvalue weighted by atomic mass is 32.2. The molecule has 1 aliphatic carbocycles. The fourth-order valence-electron chi connectivity index (χ4n) is 6.28. The van der Waals surface area contributed by atoms with E-state index in [2.05, 4.69) is 15.6 Å². The number of likely N-dealkylation sites (tertiary alicyclic amines) is 1. The van der Waals surface area contributed by atoms with Gasteiger partial charge < -0.3 is 29.8 Å². The van der Waals surface area contributed by atoms with E-state index < -0.39 is 52.3 Å². The Morgan fingerprint density at radius 1 is 1.23 bits per heavy atom. The molecular weight excluding hydrogens is 528 g/mol. The fraction of sp³-hybridized carbons (Fsp3) is 0.538. The normalized spacial score (nSPS) is 25.4. The van der Waals surface area contributed by atoms with Crippen LogP contribution in [0.4, 0.5) is 0 Å². The molecule has 3 aliphatic rings. The number of benzene rings is 1. The third-order valence-electron chi connectivity index (χ3n) is 8.06. The molecule has 3 amide bonds.